The van der Waals surface area contributed by atoms with Crippen LogP contribution < -0.4 is 15.7 Å². The number of methoxy groups -OCH3 is 1. The average Bonchev–Trinajstić information content (AvgIpc) is 3.50. The van der Waals surface area contributed by atoms with E-state index in [4.69, 9.17) is 23.7 Å². The van der Waals surface area contributed by atoms with E-state index in [0.29, 0.717) is 0 Å². The maximum absolute atomic E-state index is 13.5. The normalized spacial score (nSPS) is 17.5. The van der Waals surface area contributed by atoms with Gasteiger partial charge in [0.25, 0.3) is 0 Å². The molecule has 1 fully saturated rings. The fourth-order valence-electron chi connectivity index (χ4n) is 5.15. The van der Waals surface area contributed by atoms with Crippen molar-refractivity contribution in [3.63, 3.8) is 0 Å². The van der Waals surface area contributed by atoms with Crippen molar-refractivity contribution in [3.05, 3.63) is 160 Å². The molecule has 0 unspecified atom stereocenters. The first kappa shape index (κ1) is 35.7. The molecule has 0 spiro atoms. The first-order valence-electron chi connectivity index (χ1n) is 15.9. The molecule has 15 nitrogen and oxygen atoms in total. The van der Waals surface area contributed by atoms with E-state index in [0.717, 1.165) is 4.57 Å². The van der Waals surface area contributed by atoms with E-state index < -0.39 is 60.4 Å². The van der Waals surface area contributed by atoms with Gasteiger partial charge in [-0.15, -0.1) is 0 Å². The third kappa shape index (κ3) is 8.61. The molecule has 1 aromatic heterocycles. The SMILES string of the molecule is COC(=O)c1ccc(OC(=O)Nc2ccn([C@@H]3O[C@H](OC(=O)c4ccccc4)[C@H](OC(=O)c4ccccc4)[C@@H]3OC(=O)c3ccccc3)c(=O)n2)cc1. The van der Waals surface area contributed by atoms with Crippen molar-refractivity contribution in [2.24, 2.45) is 0 Å². The number of amides is 1. The molecular formula is C38H29N3O12. The number of nitrogens with one attached hydrogen (secondary N) is 1. The average molecular weight is 720 g/mol. The number of aromatic nitrogens is 2. The van der Waals surface area contributed by atoms with Crippen LogP contribution in [0.4, 0.5) is 10.6 Å². The molecule has 1 N–H and O–H groups in total. The molecule has 1 saturated heterocycles. The fourth-order valence-corrected chi connectivity index (χ4v) is 5.15. The number of nitrogens with zero attached hydrogens (tertiary/aromatic N) is 2. The zero-order chi connectivity index (χ0) is 37.3. The second kappa shape index (κ2) is 16.3. The Morgan fingerprint density at radius 3 is 1.62 bits per heavy atom. The number of rotatable bonds is 10. The van der Waals surface area contributed by atoms with Crippen molar-refractivity contribution in [2.45, 2.75) is 24.7 Å². The zero-order valence-electron chi connectivity index (χ0n) is 27.7. The minimum absolute atomic E-state index is 0.0816. The number of anilines is 1. The summed E-state index contributed by atoms with van der Waals surface area (Å²) in [7, 11) is 1.23. The molecule has 0 bridgehead atoms. The Bertz CT molecular complexity index is 2160. The number of hydrogen-bond donors (Lipinski definition) is 1. The summed E-state index contributed by atoms with van der Waals surface area (Å²) in [6, 6.07) is 30.5. The van der Waals surface area contributed by atoms with E-state index in [1.54, 1.807) is 54.6 Å². The van der Waals surface area contributed by atoms with Gasteiger partial charge in [-0.25, -0.2) is 28.8 Å². The van der Waals surface area contributed by atoms with Gasteiger partial charge in [0, 0.05) is 6.20 Å². The van der Waals surface area contributed by atoms with Crippen molar-refractivity contribution >= 4 is 35.8 Å². The third-order valence-corrected chi connectivity index (χ3v) is 7.70. The fraction of sp³-hybridized carbons (Fsp3) is 0.132. The summed E-state index contributed by atoms with van der Waals surface area (Å²) in [5, 5.41) is 2.33. The van der Waals surface area contributed by atoms with Crippen LogP contribution in [0.2, 0.25) is 0 Å². The Morgan fingerprint density at radius 1 is 0.623 bits per heavy atom. The van der Waals surface area contributed by atoms with E-state index >= 15 is 0 Å². The van der Waals surface area contributed by atoms with Crippen LogP contribution in [0.3, 0.4) is 0 Å². The van der Waals surface area contributed by atoms with Crippen LogP contribution in [-0.2, 0) is 23.7 Å². The molecule has 0 aliphatic carbocycles. The maximum atomic E-state index is 13.5. The predicted octanol–water partition coefficient (Wildman–Crippen LogP) is 4.80. The first-order valence-corrected chi connectivity index (χ1v) is 15.9. The zero-order valence-corrected chi connectivity index (χ0v) is 27.7. The molecule has 1 amide bonds. The lowest BCUT2D eigenvalue weighted by Crippen LogP contribution is -2.42. The van der Waals surface area contributed by atoms with Crippen molar-refractivity contribution in [1.29, 1.82) is 0 Å². The number of carbonyl (C=O) groups is 5. The van der Waals surface area contributed by atoms with Gasteiger partial charge in [0.05, 0.1) is 29.4 Å². The molecule has 0 radical (unpaired) electrons. The molecule has 2 heterocycles. The third-order valence-electron chi connectivity index (χ3n) is 7.70. The second-order valence-corrected chi connectivity index (χ2v) is 11.2. The van der Waals surface area contributed by atoms with Gasteiger partial charge in [0.15, 0.2) is 12.3 Å². The molecule has 1 aliphatic rings. The summed E-state index contributed by atoms with van der Waals surface area (Å²) < 4.78 is 34.1. The smallest absolute Gasteiger partial charge is 0.418 e. The van der Waals surface area contributed by atoms with Gasteiger partial charge < -0.3 is 28.4 Å². The van der Waals surface area contributed by atoms with Gasteiger partial charge in [0.2, 0.25) is 12.4 Å². The number of hydrogen-bond acceptors (Lipinski definition) is 13. The highest BCUT2D eigenvalue weighted by molar-refractivity contribution is 5.91. The van der Waals surface area contributed by atoms with Gasteiger partial charge in [-0.3, -0.25) is 9.88 Å². The van der Waals surface area contributed by atoms with Gasteiger partial charge in [-0.2, -0.15) is 4.98 Å². The largest absolute Gasteiger partial charge is 0.465 e. The first-order chi connectivity index (χ1) is 25.7. The van der Waals surface area contributed by atoms with Crippen molar-refractivity contribution < 1.29 is 52.4 Å². The molecule has 4 aromatic carbocycles. The Labute approximate surface area is 300 Å². The molecule has 268 valence electrons. The molecule has 1 aliphatic heterocycles. The van der Waals surface area contributed by atoms with Gasteiger partial charge in [-0.1, -0.05) is 54.6 Å². The standard InChI is InChI=1S/C38H29N3O12/c1-48-32(42)26-17-19-27(20-18-26)49-38(47)40-28-21-22-41(37(46)39-28)31-29(50-33(43)23-11-5-2-6-12-23)30(51-34(44)24-13-7-3-8-14-24)36(52-31)53-35(45)25-15-9-4-10-16-25/h2-22,29-31,36H,1H3,(H,39,40,46,47)/t29-,30+,31+,36+/m0/s1. The molecule has 4 atom stereocenters. The topological polar surface area (TPSA) is 188 Å². The van der Waals surface area contributed by atoms with Crippen LogP contribution in [-0.4, -0.2) is 65.1 Å². The van der Waals surface area contributed by atoms with E-state index in [9.17, 15) is 28.8 Å². The lowest BCUT2D eigenvalue weighted by molar-refractivity contribution is -0.149. The Morgan fingerprint density at radius 2 is 1.11 bits per heavy atom. The summed E-state index contributed by atoms with van der Waals surface area (Å²) in [6.07, 6.45) is -6.22. The summed E-state index contributed by atoms with van der Waals surface area (Å²) >= 11 is 0. The molecule has 0 saturated carbocycles. The van der Waals surface area contributed by atoms with E-state index in [2.05, 4.69) is 15.0 Å². The molecule has 5 aromatic rings. The van der Waals surface area contributed by atoms with Crippen molar-refractivity contribution in [3.8, 4) is 5.75 Å². The monoisotopic (exact) mass is 719 g/mol. The Hall–Kier alpha value is -7.13. The highest BCUT2D eigenvalue weighted by atomic mass is 16.8. The Kier molecular flexibility index (Phi) is 11.0. The van der Waals surface area contributed by atoms with Crippen molar-refractivity contribution in [1.82, 2.24) is 9.55 Å². The van der Waals surface area contributed by atoms with Gasteiger partial charge in [0.1, 0.15) is 11.6 Å². The van der Waals surface area contributed by atoms with Crippen LogP contribution >= 0.6 is 0 Å². The summed E-state index contributed by atoms with van der Waals surface area (Å²) in [6.45, 7) is 0. The summed E-state index contributed by atoms with van der Waals surface area (Å²) in [5.74, 6) is -3.29. The molecule has 53 heavy (non-hydrogen) atoms. The quantitative estimate of drug-likeness (QED) is 0.153. The van der Waals surface area contributed by atoms with Gasteiger partial charge in [-0.05, 0) is 66.7 Å². The molecular weight excluding hydrogens is 690 g/mol. The Balaban J connectivity index is 1.29. The molecule has 15 heteroatoms. The number of carbonyl (C=O) groups excluding carboxylic acids is 5. The van der Waals surface area contributed by atoms with E-state index in [-0.39, 0.29) is 33.8 Å². The lowest BCUT2D eigenvalue weighted by Gasteiger charge is -2.24. The highest BCUT2D eigenvalue weighted by Crippen LogP contribution is 2.35. The van der Waals surface area contributed by atoms with Crippen LogP contribution in [0.25, 0.3) is 0 Å². The number of esters is 4. The minimum Gasteiger partial charge on any atom is -0.465 e. The minimum atomic E-state index is -1.68. The number of benzene rings is 4. The molecule has 6 rings (SSSR count). The van der Waals surface area contributed by atoms with Crippen LogP contribution in [0.5, 0.6) is 5.75 Å². The number of ether oxygens (including phenoxy) is 6. The predicted molar refractivity (Wildman–Crippen MR) is 183 cm³/mol. The highest BCUT2D eigenvalue weighted by Gasteiger charge is 2.53. The summed E-state index contributed by atoms with van der Waals surface area (Å²) in [5.41, 5.74) is -0.350. The van der Waals surface area contributed by atoms with E-state index in [1.165, 1.54) is 80.0 Å². The van der Waals surface area contributed by atoms with Crippen LogP contribution in [0.1, 0.15) is 47.7 Å². The van der Waals surface area contributed by atoms with Gasteiger partial charge >= 0.3 is 35.7 Å². The lowest BCUT2D eigenvalue weighted by atomic mass is 10.1. The van der Waals surface area contributed by atoms with Crippen LogP contribution in [0.15, 0.2) is 132 Å². The van der Waals surface area contributed by atoms with Crippen LogP contribution in [0, 0.1) is 0 Å². The second-order valence-electron chi connectivity index (χ2n) is 11.2. The van der Waals surface area contributed by atoms with Crippen molar-refractivity contribution in [2.75, 3.05) is 12.4 Å². The maximum Gasteiger partial charge on any atom is 0.418 e. The summed E-state index contributed by atoms with van der Waals surface area (Å²) in [4.78, 5) is 81.6. The van der Waals surface area contributed by atoms with E-state index in [1.807, 2.05) is 0 Å².